The van der Waals surface area contributed by atoms with E-state index >= 15 is 0 Å². The minimum absolute atomic E-state index is 0. The quantitative estimate of drug-likeness (QED) is 0.0674. The Labute approximate surface area is 412 Å². The van der Waals surface area contributed by atoms with Gasteiger partial charge in [-0.15, -0.1) is 35.4 Å². The molecule has 0 fully saturated rings. The van der Waals surface area contributed by atoms with Gasteiger partial charge in [-0.1, -0.05) is 146 Å². The molecule has 0 saturated heterocycles. The number of hydrogen-bond donors (Lipinski definition) is 0. The Balaban J connectivity index is 0.000000159. The monoisotopic (exact) mass is 1220 g/mol. The summed E-state index contributed by atoms with van der Waals surface area (Å²) < 4.78 is 0. The molecule has 64 heavy (non-hydrogen) atoms. The number of hydrogen-bond acceptors (Lipinski definition) is 0. The Hall–Kier alpha value is -5.56. The molecule has 4 heteroatoms. The number of benzene rings is 9. The van der Waals surface area contributed by atoms with E-state index in [2.05, 4.69) is 218 Å². The molecule has 0 atom stereocenters. The summed E-state index contributed by atoms with van der Waals surface area (Å²) in [7, 11) is -2.28. The topological polar surface area (TPSA) is 0 Å². The van der Waals surface area contributed by atoms with Crippen LogP contribution in [0.15, 0.2) is 231 Å². The van der Waals surface area contributed by atoms with Gasteiger partial charge in [0.05, 0.1) is 0 Å². The fourth-order valence-electron chi connectivity index (χ4n) is 8.70. The van der Waals surface area contributed by atoms with Gasteiger partial charge in [-0.2, -0.15) is 0 Å². The summed E-state index contributed by atoms with van der Waals surface area (Å²) in [4.78, 5) is 0. The van der Waals surface area contributed by atoms with Crippen molar-refractivity contribution >= 4 is 47.7 Å². The van der Waals surface area contributed by atoms with E-state index in [1.807, 2.05) is 24.3 Å². The summed E-state index contributed by atoms with van der Waals surface area (Å²) in [6, 6.07) is 82.6. The van der Waals surface area contributed by atoms with Gasteiger partial charge >= 0.3 is 44.8 Å². The van der Waals surface area contributed by atoms with Gasteiger partial charge in [0.1, 0.15) is 47.7 Å². The molecule has 11 rings (SSSR count). The maximum atomic E-state index is 7.14. The van der Waals surface area contributed by atoms with Crippen LogP contribution < -0.4 is 31.8 Å². The molecule has 2 aliphatic carbocycles. The predicted octanol–water partition coefficient (Wildman–Crippen LogP) is 11.1. The first kappa shape index (κ1) is 46.4. The van der Waals surface area contributed by atoms with Gasteiger partial charge in [0.25, 0.3) is 0 Å². The Morgan fingerprint density at radius 3 is 0.906 bits per heavy atom. The molecule has 0 aromatic heterocycles. The van der Waals surface area contributed by atoms with Gasteiger partial charge < -0.3 is 12.8 Å². The second-order valence-electron chi connectivity index (χ2n) is 15.4. The van der Waals surface area contributed by atoms with Gasteiger partial charge in [0.15, 0.2) is 0 Å². The molecular weight excluding hydrogens is 1180 g/mol. The van der Waals surface area contributed by atoms with Gasteiger partial charge in [-0.05, 0) is 118 Å². The van der Waals surface area contributed by atoms with Crippen LogP contribution in [-0.2, 0) is 57.6 Å². The van der Waals surface area contributed by atoms with Crippen LogP contribution in [0.4, 0.5) is 0 Å². The van der Waals surface area contributed by atoms with E-state index < -0.39 is 15.8 Å². The van der Waals surface area contributed by atoms with Crippen LogP contribution in [-0.4, -0.2) is 0 Å². The Morgan fingerprint density at radius 2 is 0.578 bits per heavy atom. The molecule has 314 valence electrons. The van der Waals surface area contributed by atoms with Crippen molar-refractivity contribution in [3.63, 3.8) is 0 Å². The van der Waals surface area contributed by atoms with E-state index in [4.69, 9.17) is 12.8 Å². The minimum Gasteiger partial charge on any atom is -0.366 e. The molecular formula is C60H44Au2P2+2. The van der Waals surface area contributed by atoms with Crippen molar-refractivity contribution < 1.29 is 44.8 Å². The molecule has 0 bridgehead atoms. The Bertz CT molecular complexity index is 2760. The summed E-state index contributed by atoms with van der Waals surface area (Å²) in [5.41, 5.74) is 12.3. The van der Waals surface area contributed by atoms with Gasteiger partial charge in [0, 0.05) is 0 Å². The summed E-state index contributed by atoms with van der Waals surface area (Å²) in [6.07, 6.45) is 16.3. The normalized spacial score (nSPS) is 11.0. The predicted molar refractivity (Wildman–Crippen MR) is 268 cm³/mol. The minimum atomic E-state index is -1.14. The molecule has 0 amide bonds. The summed E-state index contributed by atoms with van der Waals surface area (Å²) >= 11 is 0. The first-order valence-electron chi connectivity index (χ1n) is 21.0. The number of fused-ring (bicyclic) bond motifs is 6. The smallest absolute Gasteiger partial charge is 0.366 e. The van der Waals surface area contributed by atoms with Gasteiger partial charge in [0.2, 0.25) is 0 Å². The first-order valence-corrected chi connectivity index (χ1v) is 24.0. The zero-order valence-electron chi connectivity index (χ0n) is 35.0. The molecule has 0 heterocycles. The van der Waals surface area contributed by atoms with Crippen molar-refractivity contribution in [2.75, 3.05) is 0 Å². The summed E-state index contributed by atoms with van der Waals surface area (Å²) in [5.74, 6) is 4.87. The fourth-order valence-corrected chi connectivity index (χ4v) is 14.7. The third kappa shape index (κ3) is 10.4. The summed E-state index contributed by atoms with van der Waals surface area (Å²) in [5, 5.41) is 8.71. The average Bonchev–Trinajstić information content (AvgIpc) is 3.92. The van der Waals surface area contributed by atoms with Gasteiger partial charge in [-0.25, -0.2) is 0 Å². The van der Waals surface area contributed by atoms with Crippen LogP contribution in [0, 0.1) is 24.7 Å². The zero-order chi connectivity index (χ0) is 42.1. The standard InChI is InChI=1S/C30H24P2.2C15H9.2Au/c1-5-15-25(16-6-1)31(26-17-7-2-8-18-26)29-23-13-14-24-30(29)32(27-19-9-3-10-20-27)28-21-11-4-12-22-28;2*1-2-11-7-8-13-10-12-5-3-4-6-14(12)15(13)9-11;;/h1-24H;2*3-9H,10H2;;/q;2*-1;2*+1/p+2. The molecule has 9 aromatic rings. The van der Waals surface area contributed by atoms with Crippen molar-refractivity contribution in [2.45, 2.75) is 12.8 Å². The molecule has 0 spiro atoms. The molecule has 0 N–H and O–H groups in total. The molecule has 2 aliphatic rings. The van der Waals surface area contributed by atoms with Crippen LogP contribution in [0.25, 0.3) is 22.3 Å². The zero-order valence-corrected chi connectivity index (χ0v) is 41.3. The van der Waals surface area contributed by atoms with E-state index in [0.717, 1.165) is 24.0 Å². The molecule has 0 unspecified atom stereocenters. The van der Waals surface area contributed by atoms with Gasteiger partial charge in [-0.3, -0.25) is 11.8 Å². The third-order valence-corrected chi connectivity index (χ3v) is 17.4. The van der Waals surface area contributed by atoms with E-state index in [9.17, 15) is 0 Å². The fraction of sp³-hybridized carbons (Fsp3) is 0.0333. The van der Waals surface area contributed by atoms with Crippen LogP contribution in [0.3, 0.4) is 0 Å². The van der Waals surface area contributed by atoms with E-state index in [1.165, 1.54) is 76.3 Å². The van der Waals surface area contributed by atoms with E-state index in [1.54, 1.807) is 0 Å². The molecule has 9 aromatic carbocycles. The van der Waals surface area contributed by atoms with Crippen molar-refractivity contribution in [1.82, 2.24) is 0 Å². The summed E-state index contributed by atoms with van der Waals surface area (Å²) in [6.45, 7) is 0. The van der Waals surface area contributed by atoms with Crippen molar-refractivity contribution in [3.05, 3.63) is 277 Å². The van der Waals surface area contributed by atoms with Crippen LogP contribution >= 0.6 is 15.8 Å². The molecule has 0 aliphatic heterocycles. The van der Waals surface area contributed by atoms with E-state index in [0.29, 0.717) is 0 Å². The molecule has 0 saturated carbocycles. The van der Waals surface area contributed by atoms with Crippen molar-refractivity contribution in [2.24, 2.45) is 0 Å². The average molecular weight is 1220 g/mol. The largest absolute Gasteiger partial charge is 1.00 e. The van der Waals surface area contributed by atoms with Crippen LogP contribution in [0.5, 0.6) is 0 Å². The maximum Gasteiger partial charge on any atom is 1.00 e. The number of rotatable bonds is 6. The van der Waals surface area contributed by atoms with E-state index in [-0.39, 0.29) is 44.8 Å². The second-order valence-corrected chi connectivity index (χ2v) is 20.3. The van der Waals surface area contributed by atoms with Crippen molar-refractivity contribution in [3.8, 4) is 34.1 Å². The maximum absolute atomic E-state index is 7.14. The molecule has 0 radical (unpaired) electrons. The Morgan fingerprint density at radius 1 is 0.297 bits per heavy atom. The molecule has 0 nitrogen and oxygen atoms in total. The SMILES string of the molecule is [Au+].[Au+].[C-]#Cc1ccc2c(c1)-c1ccccc1C2.[C-]#Cc1ccc2c(c1)-c1ccccc1C2.c1ccc([PH+](c2ccccc2)c2ccccc2[PH+](c2ccccc2)c2ccccc2)cc1. The van der Waals surface area contributed by atoms with Crippen LogP contribution in [0.2, 0.25) is 0 Å². The Kier molecular flexibility index (Phi) is 16.2. The third-order valence-electron chi connectivity index (χ3n) is 11.6. The van der Waals surface area contributed by atoms with Crippen molar-refractivity contribution in [1.29, 1.82) is 0 Å². The van der Waals surface area contributed by atoms with Crippen LogP contribution in [0.1, 0.15) is 33.4 Å². The second kappa shape index (κ2) is 22.4. The first-order chi connectivity index (χ1) is 30.7.